The van der Waals surface area contributed by atoms with Crippen molar-refractivity contribution >= 4 is 11.7 Å². The molecule has 2 saturated heterocycles. The predicted molar refractivity (Wildman–Crippen MR) is 110 cm³/mol. The molecule has 3 unspecified atom stereocenters. The molecule has 1 amide bonds. The Hall–Kier alpha value is -2.91. The van der Waals surface area contributed by atoms with Gasteiger partial charge >= 0.3 is 0 Å². The Labute approximate surface area is 171 Å². The normalized spacial score (nSPS) is 21.7. The highest BCUT2D eigenvalue weighted by Gasteiger charge is 2.41. The van der Waals surface area contributed by atoms with Crippen LogP contribution in [-0.4, -0.2) is 47.6 Å². The van der Waals surface area contributed by atoms with Crippen LogP contribution < -0.4 is 4.90 Å². The Morgan fingerprint density at radius 3 is 2.55 bits per heavy atom. The van der Waals surface area contributed by atoms with E-state index in [0.717, 1.165) is 37.3 Å². The van der Waals surface area contributed by atoms with Gasteiger partial charge in [-0.25, -0.2) is 4.98 Å². The molecule has 2 aliphatic rings. The third-order valence-corrected chi connectivity index (χ3v) is 5.93. The van der Waals surface area contributed by atoms with Crippen molar-refractivity contribution in [1.29, 1.82) is 5.26 Å². The number of fused-ring (bicyclic) bond motifs is 2. The molecule has 4 rings (SSSR count). The molecule has 1 aromatic carbocycles. The molecule has 0 saturated carbocycles. The van der Waals surface area contributed by atoms with Crippen molar-refractivity contribution in [3.8, 4) is 6.07 Å². The van der Waals surface area contributed by atoms with E-state index >= 15 is 0 Å². The maximum absolute atomic E-state index is 12.7. The second kappa shape index (κ2) is 8.62. The summed E-state index contributed by atoms with van der Waals surface area (Å²) < 4.78 is 5.88. The Kier molecular flexibility index (Phi) is 5.77. The topological polar surface area (TPSA) is 69.5 Å². The number of carbonyl (C=O) groups excluding carboxylic acids is 1. The van der Waals surface area contributed by atoms with Gasteiger partial charge in [-0.1, -0.05) is 30.3 Å². The van der Waals surface area contributed by atoms with Crippen molar-refractivity contribution in [2.45, 2.75) is 44.4 Å². The average molecular weight is 390 g/mol. The number of amides is 1. The molecule has 2 aliphatic heterocycles. The minimum absolute atomic E-state index is 0.0144. The predicted octanol–water partition coefficient (Wildman–Crippen LogP) is 3.30. The van der Waals surface area contributed by atoms with Gasteiger partial charge in [0.1, 0.15) is 11.9 Å². The van der Waals surface area contributed by atoms with Crippen molar-refractivity contribution in [2.75, 3.05) is 24.6 Å². The van der Waals surface area contributed by atoms with E-state index < -0.39 is 0 Å². The molecule has 3 heterocycles. The summed E-state index contributed by atoms with van der Waals surface area (Å²) in [6, 6.07) is 16.5. The van der Waals surface area contributed by atoms with Crippen LogP contribution in [0.15, 0.2) is 48.7 Å². The first-order valence-corrected chi connectivity index (χ1v) is 10.2. The van der Waals surface area contributed by atoms with Crippen LogP contribution in [0.3, 0.4) is 0 Å². The van der Waals surface area contributed by atoms with Gasteiger partial charge in [0.05, 0.1) is 24.7 Å². The van der Waals surface area contributed by atoms with Crippen LogP contribution in [0.4, 0.5) is 5.82 Å². The lowest BCUT2D eigenvalue weighted by Crippen LogP contribution is -2.55. The summed E-state index contributed by atoms with van der Waals surface area (Å²) in [5, 5.41) is 8.96. The fraction of sp³-hybridized carbons (Fsp3) is 0.435. The molecular weight excluding hydrogens is 364 g/mol. The lowest BCUT2D eigenvalue weighted by Gasteiger charge is -2.41. The number of benzene rings is 1. The molecule has 1 aromatic heterocycles. The Morgan fingerprint density at radius 1 is 1.21 bits per heavy atom. The van der Waals surface area contributed by atoms with Gasteiger partial charge in [0, 0.05) is 31.4 Å². The van der Waals surface area contributed by atoms with Crippen LogP contribution in [0.2, 0.25) is 0 Å². The smallest absolute Gasteiger partial charge is 0.225 e. The number of carbonyl (C=O) groups is 1. The number of hydrogen-bond donors (Lipinski definition) is 0. The van der Waals surface area contributed by atoms with Gasteiger partial charge in [-0.15, -0.1) is 0 Å². The molecule has 0 radical (unpaired) electrons. The van der Waals surface area contributed by atoms with Crippen LogP contribution >= 0.6 is 0 Å². The second-order valence-corrected chi connectivity index (χ2v) is 7.78. The summed E-state index contributed by atoms with van der Waals surface area (Å²) in [7, 11) is 0. The zero-order valence-corrected chi connectivity index (χ0v) is 16.7. The number of hydrogen-bond acceptors (Lipinski definition) is 5. The van der Waals surface area contributed by atoms with Gasteiger partial charge in [0.2, 0.25) is 5.91 Å². The number of nitrogens with zero attached hydrogens (tertiary/aromatic N) is 4. The number of rotatable bonds is 6. The molecule has 2 bridgehead atoms. The zero-order valence-electron chi connectivity index (χ0n) is 16.7. The third kappa shape index (κ3) is 4.25. The molecule has 150 valence electrons. The summed E-state index contributed by atoms with van der Waals surface area (Å²) in [4.78, 5) is 21.5. The minimum atomic E-state index is -0.0144. The van der Waals surface area contributed by atoms with Crippen molar-refractivity contribution in [2.24, 2.45) is 0 Å². The largest absolute Gasteiger partial charge is 0.373 e. The van der Waals surface area contributed by atoms with Crippen LogP contribution in [0.1, 0.15) is 43.4 Å². The second-order valence-electron chi connectivity index (χ2n) is 7.78. The summed E-state index contributed by atoms with van der Waals surface area (Å²) in [5.41, 5.74) is 1.70. The molecule has 2 aromatic rings. The Morgan fingerprint density at radius 2 is 1.93 bits per heavy atom. The van der Waals surface area contributed by atoms with Crippen molar-refractivity contribution in [1.82, 2.24) is 9.88 Å². The number of aromatic nitrogens is 1. The lowest BCUT2D eigenvalue weighted by atomic mass is 10.1. The number of likely N-dealkylation sites (tertiary alicyclic amines) is 1. The van der Waals surface area contributed by atoms with Gasteiger partial charge in [0.15, 0.2) is 0 Å². The molecule has 2 fully saturated rings. The summed E-state index contributed by atoms with van der Waals surface area (Å²) in [6.45, 7) is 3.90. The van der Waals surface area contributed by atoms with E-state index in [1.165, 1.54) is 0 Å². The van der Waals surface area contributed by atoms with Gasteiger partial charge < -0.3 is 14.5 Å². The molecule has 29 heavy (non-hydrogen) atoms. The van der Waals surface area contributed by atoms with E-state index in [1.54, 1.807) is 6.20 Å². The first-order chi connectivity index (χ1) is 14.2. The fourth-order valence-corrected chi connectivity index (χ4v) is 4.39. The summed E-state index contributed by atoms with van der Waals surface area (Å²) in [5.74, 6) is 1.07. The number of pyridine rings is 1. The number of nitriles is 1. The highest BCUT2D eigenvalue weighted by molar-refractivity contribution is 5.77. The molecule has 0 aliphatic carbocycles. The van der Waals surface area contributed by atoms with Gasteiger partial charge in [-0.3, -0.25) is 4.79 Å². The first kappa shape index (κ1) is 19.4. The summed E-state index contributed by atoms with van der Waals surface area (Å²) >= 11 is 0. The number of piperazine rings is 1. The molecule has 6 heteroatoms. The maximum Gasteiger partial charge on any atom is 0.225 e. The van der Waals surface area contributed by atoms with Crippen LogP contribution in [-0.2, 0) is 9.53 Å². The minimum Gasteiger partial charge on any atom is -0.373 e. The highest BCUT2D eigenvalue weighted by atomic mass is 16.5. The molecule has 0 spiro atoms. The van der Waals surface area contributed by atoms with Crippen LogP contribution in [0.5, 0.6) is 0 Å². The van der Waals surface area contributed by atoms with Crippen molar-refractivity contribution < 1.29 is 9.53 Å². The lowest BCUT2D eigenvalue weighted by molar-refractivity contribution is -0.133. The van der Waals surface area contributed by atoms with Gasteiger partial charge in [0.25, 0.3) is 0 Å². The zero-order chi connectivity index (χ0) is 20.2. The van der Waals surface area contributed by atoms with E-state index in [-0.39, 0.29) is 12.0 Å². The van der Waals surface area contributed by atoms with Gasteiger partial charge in [-0.2, -0.15) is 5.26 Å². The first-order valence-electron chi connectivity index (χ1n) is 10.2. The maximum atomic E-state index is 12.7. The van der Waals surface area contributed by atoms with Crippen molar-refractivity contribution in [3.63, 3.8) is 0 Å². The SMILES string of the molecule is CC(OCCC(=O)N1CC2CCC(C1)N2c1ccc(C#N)cn1)c1ccccc1. The standard InChI is InChI=1S/C23H26N4O2/c1-17(19-5-3-2-4-6-19)29-12-11-23(28)26-15-20-8-9-21(16-26)27(20)22-10-7-18(13-24)14-25-22/h2-7,10,14,17,20-21H,8-9,11-12,15-16H2,1H3. The number of ether oxygens (including phenoxy) is 1. The quantitative estimate of drug-likeness (QED) is 0.757. The molecule has 6 nitrogen and oxygen atoms in total. The average Bonchev–Trinajstić information content (AvgIpc) is 3.03. The van der Waals surface area contributed by atoms with E-state index in [0.29, 0.717) is 30.7 Å². The van der Waals surface area contributed by atoms with Gasteiger partial charge in [-0.05, 0) is 37.5 Å². The summed E-state index contributed by atoms with van der Waals surface area (Å²) in [6.07, 6.45) is 4.15. The monoisotopic (exact) mass is 390 g/mol. The Bertz CT molecular complexity index is 864. The molecular formula is C23H26N4O2. The Balaban J connectivity index is 1.30. The van der Waals surface area contributed by atoms with Crippen LogP contribution in [0, 0.1) is 11.3 Å². The van der Waals surface area contributed by atoms with E-state index in [9.17, 15) is 4.79 Å². The van der Waals surface area contributed by atoms with E-state index in [4.69, 9.17) is 10.00 Å². The fourth-order valence-electron chi connectivity index (χ4n) is 4.39. The van der Waals surface area contributed by atoms with Crippen LogP contribution in [0.25, 0.3) is 0 Å². The highest BCUT2D eigenvalue weighted by Crippen LogP contribution is 2.34. The van der Waals surface area contributed by atoms with E-state index in [1.807, 2.05) is 54.3 Å². The van der Waals surface area contributed by atoms with Crippen molar-refractivity contribution in [3.05, 3.63) is 59.8 Å². The third-order valence-electron chi connectivity index (χ3n) is 5.93. The van der Waals surface area contributed by atoms with E-state index in [2.05, 4.69) is 16.0 Å². The molecule has 3 atom stereocenters. The number of anilines is 1. The molecule has 0 N–H and O–H groups in total.